The van der Waals surface area contributed by atoms with Crippen LogP contribution in [0.15, 0.2) is 182 Å². The van der Waals surface area contributed by atoms with E-state index in [1.807, 2.05) is 6.07 Å². The summed E-state index contributed by atoms with van der Waals surface area (Å²) in [5.74, 6) is 3.43. The van der Waals surface area contributed by atoms with E-state index in [-0.39, 0.29) is 6.71 Å². The smallest absolute Gasteiger partial charge is 0.261 e. The van der Waals surface area contributed by atoms with Crippen LogP contribution in [-0.2, 0) is 0 Å². The van der Waals surface area contributed by atoms with Gasteiger partial charge in [0.25, 0.3) is 6.71 Å². The molecule has 0 saturated carbocycles. The van der Waals surface area contributed by atoms with Crippen LogP contribution in [0.4, 0.5) is 17.1 Å². The van der Waals surface area contributed by atoms with Crippen LogP contribution < -0.4 is 30.8 Å². The molecular formula is C48H30BNO2. The van der Waals surface area contributed by atoms with E-state index in [1.165, 1.54) is 27.3 Å². The molecule has 9 aromatic carbocycles. The number of hydrogen-bond acceptors (Lipinski definition) is 3. The molecule has 11 rings (SSSR count). The van der Waals surface area contributed by atoms with Crippen molar-refractivity contribution in [1.82, 2.24) is 0 Å². The molecule has 0 N–H and O–H groups in total. The minimum atomic E-state index is -0.113. The van der Waals surface area contributed by atoms with Crippen LogP contribution in [-0.4, -0.2) is 6.71 Å². The van der Waals surface area contributed by atoms with Gasteiger partial charge >= 0.3 is 0 Å². The van der Waals surface area contributed by atoms with E-state index in [2.05, 4.69) is 181 Å². The molecule has 242 valence electrons. The summed E-state index contributed by atoms with van der Waals surface area (Å²) in [6.45, 7) is -0.113. The highest BCUT2D eigenvalue weighted by Gasteiger charge is 2.42. The number of benzene rings is 9. The van der Waals surface area contributed by atoms with E-state index < -0.39 is 0 Å². The lowest BCUT2D eigenvalue weighted by molar-refractivity contribution is 0.467. The molecule has 0 saturated heterocycles. The lowest BCUT2D eigenvalue weighted by atomic mass is 9.34. The fraction of sp³-hybridized carbons (Fsp3) is 0. The number of anilines is 3. The Bertz CT molecular complexity index is 2820. The maximum absolute atomic E-state index is 6.96. The minimum Gasteiger partial charge on any atom is -0.458 e. The second-order valence-electron chi connectivity index (χ2n) is 13.6. The third kappa shape index (κ3) is 4.28. The molecule has 0 amide bonds. The molecule has 0 aliphatic carbocycles. The SMILES string of the molecule is c1ccc(N(c2ccccc2)c2cc3c(c4ccccc24)B2c4cc(-c5cccc6ccccc56)c5ccccc5c4Oc4cccc(c42)O3)cc1. The molecule has 3 nitrogen and oxygen atoms in total. The molecule has 0 unspecified atom stereocenters. The van der Waals surface area contributed by atoms with E-state index >= 15 is 0 Å². The van der Waals surface area contributed by atoms with Crippen LogP contribution in [0.1, 0.15) is 0 Å². The van der Waals surface area contributed by atoms with E-state index in [0.29, 0.717) is 0 Å². The molecule has 0 spiro atoms. The van der Waals surface area contributed by atoms with Gasteiger partial charge in [0.05, 0.1) is 5.69 Å². The summed E-state index contributed by atoms with van der Waals surface area (Å²) in [6.07, 6.45) is 0. The topological polar surface area (TPSA) is 21.7 Å². The molecular weight excluding hydrogens is 633 g/mol. The molecule has 2 heterocycles. The van der Waals surface area contributed by atoms with Gasteiger partial charge in [-0.1, -0.05) is 140 Å². The highest BCUT2D eigenvalue weighted by Crippen LogP contribution is 2.46. The zero-order valence-electron chi connectivity index (χ0n) is 28.2. The number of nitrogens with zero attached hydrogens (tertiary/aromatic N) is 1. The van der Waals surface area contributed by atoms with Gasteiger partial charge in [0.2, 0.25) is 0 Å². The zero-order chi connectivity index (χ0) is 34.2. The quantitative estimate of drug-likeness (QED) is 0.175. The third-order valence-electron chi connectivity index (χ3n) is 10.7. The van der Waals surface area contributed by atoms with Crippen molar-refractivity contribution < 1.29 is 9.47 Å². The molecule has 9 aromatic rings. The third-order valence-corrected chi connectivity index (χ3v) is 10.7. The molecule has 0 bridgehead atoms. The molecule has 0 radical (unpaired) electrons. The van der Waals surface area contributed by atoms with Gasteiger partial charge in [-0.2, -0.15) is 0 Å². The van der Waals surface area contributed by atoms with Crippen molar-refractivity contribution in [3.05, 3.63) is 182 Å². The summed E-state index contributed by atoms with van der Waals surface area (Å²) in [5.41, 5.74) is 9.01. The Hall–Kier alpha value is -6.78. The maximum atomic E-state index is 6.96. The Morgan fingerprint density at radius 1 is 0.385 bits per heavy atom. The van der Waals surface area contributed by atoms with Gasteiger partial charge in [-0.3, -0.25) is 0 Å². The average Bonchev–Trinajstić information content (AvgIpc) is 3.21. The fourth-order valence-electron chi connectivity index (χ4n) is 8.55. The van der Waals surface area contributed by atoms with Crippen LogP contribution in [0.3, 0.4) is 0 Å². The largest absolute Gasteiger partial charge is 0.458 e. The second-order valence-corrected chi connectivity index (χ2v) is 13.6. The van der Waals surface area contributed by atoms with Crippen molar-refractivity contribution in [2.24, 2.45) is 0 Å². The lowest BCUT2D eigenvalue weighted by Crippen LogP contribution is -2.57. The summed E-state index contributed by atoms with van der Waals surface area (Å²) < 4.78 is 13.9. The summed E-state index contributed by atoms with van der Waals surface area (Å²) in [7, 11) is 0. The molecule has 2 aliphatic heterocycles. The number of para-hydroxylation sites is 2. The van der Waals surface area contributed by atoms with E-state index in [1.54, 1.807) is 0 Å². The van der Waals surface area contributed by atoms with Crippen molar-refractivity contribution in [1.29, 1.82) is 0 Å². The minimum absolute atomic E-state index is 0.113. The van der Waals surface area contributed by atoms with Crippen molar-refractivity contribution in [2.75, 3.05) is 4.90 Å². The Morgan fingerprint density at radius 2 is 0.962 bits per heavy atom. The van der Waals surface area contributed by atoms with E-state index in [0.717, 1.165) is 72.6 Å². The van der Waals surface area contributed by atoms with Gasteiger partial charge < -0.3 is 14.4 Å². The molecule has 0 atom stereocenters. The highest BCUT2D eigenvalue weighted by atomic mass is 16.5. The molecule has 0 aromatic heterocycles. The highest BCUT2D eigenvalue weighted by molar-refractivity contribution is 6.99. The zero-order valence-corrected chi connectivity index (χ0v) is 28.2. The first-order chi connectivity index (χ1) is 25.8. The van der Waals surface area contributed by atoms with Crippen molar-refractivity contribution in [3.63, 3.8) is 0 Å². The first-order valence-corrected chi connectivity index (χ1v) is 17.8. The predicted octanol–water partition coefficient (Wildman–Crippen LogP) is 11.0. The Morgan fingerprint density at radius 3 is 1.71 bits per heavy atom. The van der Waals surface area contributed by atoms with Crippen molar-refractivity contribution in [3.8, 4) is 34.1 Å². The number of ether oxygens (including phenoxy) is 2. The molecule has 2 aliphatic rings. The normalized spacial score (nSPS) is 12.5. The van der Waals surface area contributed by atoms with Gasteiger partial charge in [0.15, 0.2) is 0 Å². The van der Waals surface area contributed by atoms with Gasteiger partial charge in [-0.25, -0.2) is 0 Å². The lowest BCUT2D eigenvalue weighted by Gasteiger charge is -2.36. The van der Waals surface area contributed by atoms with Crippen LogP contribution in [0.25, 0.3) is 43.4 Å². The summed E-state index contributed by atoms with van der Waals surface area (Å²) in [6, 6.07) is 64.7. The van der Waals surface area contributed by atoms with E-state index in [9.17, 15) is 0 Å². The first kappa shape index (κ1) is 29.0. The van der Waals surface area contributed by atoms with Gasteiger partial charge in [0.1, 0.15) is 23.0 Å². The summed E-state index contributed by atoms with van der Waals surface area (Å²) >= 11 is 0. The van der Waals surface area contributed by atoms with Crippen LogP contribution in [0.5, 0.6) is 23.0 Å². The molecule has 4 heteroatoms. The summed E-state index contributed by atoms with van der Waals surface area (Å²) in [4.78, 5) is 2.34. The molecule has 52 heavy (non-hydrogen) atoms. The number of hydrogen-bond donors (Lipinski definition) is 0. The molecule has 0 fully saturated rings. The Labute approximate surface area is 302 Å². The van der Waals surface area contributed by atoms with Crippen LogP contribution >= 0.6 is 0 Å². The van der Waals surface area contributed by atoms with Crippen molar-refractivity contribution >= 4 is 72.5 Å². The maximum Gasteiger partial charge on any atom is 0.261 e. The number of rotatable bonds is 4. The van der Waals surface area contributed by atoms with Crippen LogP contribution in [0.2, 0.25) is 0 Å². The van der Waals surface area contributed by atoms with Gasteiger partial charge in [0, 0.05) is 33.7 Å². The van der Waals surface area contributed by atoms with Crippen LogP contribution in [0, 0.1) is 0 Å². The standard InChI is InChI=1S/C48H30BNO2/c1-3-17-32(18-4-1)50(33-19-5-2-6-20-33)42-30-45-46(38-24-11-10-23-37(38)42)49-41-29-40(35-26-13-16-31-15-7-8-21-34(31)35)36-22-9-12-25-39(36)48(41)52-44-28-14-27-43(51-45)47(44)49/h1-30H. The second kappa shape index (κ2) is 11.4. The van der Waals surface area contributed by atoms with Gasteiger partial charge in [-0.15, -0.1) is 0 Å². The number of fused-ring (bicyclic) bond motifs is 9. The fourth-order valence-corrected chi connectivity index (χ4v) is 8.55. The van der Waals surface area contributed by atoms with E-state index in [4.69, 9.17) is 9.47 Å². The Kier molecular flexibility index (Phi) is 6.35. The predicted molar refractivity (Wildman–Crippen MR) is 217 cm³/mol. The monoisotopic (exact) mass is 663 g/mol. The first-order valence-electron chi connectivity index (χ1n) is 17.8. The van der Waals surface area contributed by atoms with Gasteiger partial charge in [-0.05, 0) is 80.0 Å². The van der Waals surface area contributed by atoms with Crippen molar-refractivity contribution in [2.45, 2.75) is 0 Å². The summed E-state index contributed by atoms with van der Waals surface area (Å²) in [5, 5.41) is 7.05. The Balaban J connectivity index is 1.22. The average molecular weight is 664 g/mol.